The molecule has 136 valence electrons. The number of pyridine rings is 1. The maximum absolute atomic E-state index is 12.4. The molecule has 1 amide bonds. The lowest BCUT2D eigenvalue weighted by Gasteiger charge is -2.31. The second-order valence-electron chi connectivity index (χ2n) is 6.51. The number of carbonyl (C=O) groups is 1. The summed E-state index contributed by atoms with van der Waals surface area (Å²) in [5.41, 5.74) is 0.855. The lowest BCUT2D eigenvalue weighted by Crippen LogP contribution is -2.43. The van der Waals surface area contributed by atoms with Crippen molar-refractivity contribution in [2.24, 2.45) is 5.92 Å². The third-order valence-electron chi connectivity index (χ3n) is 5.07. The highest BCUT2D eigenvalue weighted by molar-refractivity contribution is 5.78. The van der Waals surface area contributed by atoms with E-state index in [0.29, 0.717) is 0 Å². The fraction of sp³-hybridized carbons (Fsp3) is 0.611. The summed E-state index contributed by atoms with van der Waals surface area (Å²) in [6.07, 6.45) is 3.70. The zero-order valence-electron chi connectivity index (χ0n) is 15.2. The average Bonchev–Trinajstić information content (AvgIpc) is 3.09. The minimum Gasteiger partial charge on any atom is -0.355 e. The van der Waals surface area contributed by atoms with Gasteiger partial charge in [0.25, 0.3) is 0 Å². The van der Waals surface area contributed by atoms with E-state index in [1.807, 2.05) is 28.8 Å². The molecule has 1 N–H and O–H groups in total. The fourth-order valence-electron chi connectivity index (χ4n) is 3.41. The van der Waals surface area contributed by atoms with Crippen LogP contribution in [-0.2, 0) is 4.79 Å². The van der Waals surface area contributed by atoms with Crippen LogP contribution in [0.1, 0.15) is 26.7 Å². The van der Waals surface area contributed by atoms with Crippen molar-refractivity contribution in [3.05, 3.63) is 24.4 Å². The monoisotopic (exact) mass is 344 g/mol. The second-order valence-corrected chi connectivity index (χ2v) is 6.51. The van der Waals surface area contributed by atoms with Gasteiger partial charge in [-0.3, -0.25) is 9.20 Å². The molecule has 7 heteroatoms. The number of amides is 1. The maximum Gasteiger partial charge on any atom is 0.231 e. The first-order chi connectivity index (χ1) is 12.2. The molecular weight excluding hydrogens is 316 g/mol. The molecule has 0 radical (unpaired) electrons. The molecule has 2 aromatic rings. The molecule has 3 rings (SSSR count). The van der Waals surface area contributed by atoms with Crippen molar-refractivity contribution >= 4 is 17.5 Å². The first-order valence-corrected chi connectivity index (χ1v) is 9.27. The molecule has 0 aromatic carbocycles. The summed E-state index contributed by atoms with van der Waals surface area (Å²) in [7, 11) is 0. The van der Waals surface area contributed by atoms with E-state index >= 15 is 0 Å². The van der Waals surface area contributed by atoms with E-state index in [1.54, 1.807) is 0 Å². The van der Waals surface area contributed by atoms with Crippen LogP contribution in [-0.4, -0.2) is 64.7 Å². The molecule has 1 aliphatic heterocycles. The molecule has 1 saturated heterocycles. The number of anilines is 1. The molecule has 0 bridgehead atoms. The van der Waals surface area contributed by atoms with E-state index < -0.39 is 0 Å². The van der Waals surface area contributed by atoms with Gasteiger partial charge in [0.2, 0.25) is 11.9 Å². The summed E-state index contributed by atoms with van der Waals surface area (Å²) in [6.45, 7) is 9.67. The van der Waals surface area contributed by atoms with Gasteiger partial charge in [-0.25, -0.2) is 0 Å². The van der Waals surface area contributed by atoms with Crippen LogP contribution in [0.5, 0.6) is 0 Å². The largest absolute Gasteiger partial charge is 0.355 e. The van der Waals surface area contributed by atoms with Crippen LogP contribution in [0, 0.1) is 5.92 Å². The van der Waals surface area contributed by atoms with Gasteiger partial charge in [-0.15, -0.1) is 10.2 Å². The third kappa shape index (κ3) is 4.10. The number of carbonyl (C=O) groups excluding carboxylic acids is 1. The number of rotatable bonds is 7. The van der Waals surface area contributed by atoms with Crippen LogP contribution in [0.4, 0.5) is 5.95 Å². The van der Waals surface area contributed by atoms with Crippen LogP contribution in [0.15, 0.2) is 24.4 Å². The molecule has 7 nitrogen and oxygen atoms in total. The lowest BCUT2D eigenvalue weighted by atomic mass is 9.96. The molecular formula is C18H28N6O. The highest BCUT2D eigenvalue weighted by atomic mass is 16.1. The Kier molecular flexibility index (Phi) is 5.86. The van der Waals surface area contributed by atoms with Gasteiger partial charge in [-0.2, -0.15) is 0 Å². The van der Waals surface area contributed by atoms with Gasteiger partial charge < -0.3 is 15.1 Å². The number of hydrogen-bond donors (Lipinski definition) is 1. The molecule has 0 aliphatic carbocycles. The number of piperidine rings is 1. The van der Waals surface area contributed by atoms with Crippen molar-refractivity contribution < 1.29 is 4.79 Å². The predicted octanol–water partition coefficient (Wildman–Crippen LogP) is 1.40. The van der Waals surface area contributed by atoms with Crippen molar-refractivity contribution in [2.45, 2.75) is 26.7 Å². The molecule has 25 heavy (non-hydrogen) atoms. The number of aromatic nitrogens is 3. The number of nitrogens with one attached hydrogen (secondary N) is 1. The molecule has 0 spiro atoms. The summed E-state index contributed by atoms with van der Waals surface area (Å²) in [5.74, 6) is 1.17. The summed E-state index contributed by atoms with van der Waals surface area (Å²) in [5, 5.41) is 11.6. The first kappa shape index (κ1) is 17.7. The molecule has 1 aliphatic rings. The number of fused-ring (bicyclic) bond motifs is 1. The Morgan fingerprint density at radius 2 is 2.00 bits per heavy atom. The van der Waals surface area contributed by atoms with E-state index in [-0.39, 0.29) is 11.8 Å². The van der Waals surface area contributed by atoms with Gasteiger partial charge in [-0.1, -0.05) is 19.9 Å². The molecule has 0 saturated carbocycles. The van der Waals surface area contributed by atoms with Crippen molar-refractivity contribution in [2.75, 3.05) is 44.2 Å². The lowest BCUT2D eigenvalue weighted by molar-refractivity contribution is -0.125. The highest BCUT2D eigenvalue weighted by Gasteiger charge is 2.26. The van der Waals surface area contributed by atoms with Gasteiger partial charge in [0.1, 0.15) is 0 Å². The van der Waals surface area contributed by atoms with Gasteiger partial charge in [0.15, 0.2) is 5.65 Å². The Labute approximate surface area is 149 Å². The predicted molar refractivity (Wildman–Crippen MR) is 98.7 cm³/mol. The van der Waals surface area contributed by atoms with Crippen LogP contribution in [0.25, 0.3) is 5.65 Å². The molecule has 3 heterocycles. The number of likely N-dealkylation sites (N-methyl/N-ethyl adjacent to an activating group) is 1. The van der Waals surface area contributed by atoms with Gasteiger partial charge >= 0.3 is 0 Å². The van der Waals surface area contributed by atoms with E-state index in [4.69, 9.17) is 0 Å². The van der Waals surface area contributed by atoms with Crippen LogP contribution in [0.2, 0.25) is 0 Å². The molecule has 0 unspecified atom stereocenters. The Hall–Kier alpha value is -2.15. The van der Waals surface area contributed by atoms with Crippen molar-refractivity contribution in [1.82, 2.24) is 24.8 Å². The van der Waals surface area contributed by atoms with Crippen LogP contribution in [0.3, 0.4) is 0 Å². The third-order valence-corrected chi connectivity index (χ3v) is 5.07. The molecule has 1 fully saturated rings. The smallest absolute Gasteiger partial charge is 0.231 e. The maximum atomic E-state index is 12.4. The summed E-state index contributed by atoms with van der Waals surface area (Å²) >= 11 is 0. The Balaban J connectivity index is 1.49. The van der Waals surface area contributed by atoms with E-state index in [9.17, 15) is 4.79 Å². The normalized spacial score (nSPS) is 15.9. The highest BCUT2D eigenvalue weighted by Crippen LogP contribution is 2.22. The van der Waals surface area contributed by atoms with Crippen molar-refractivity contribution in [3.8, 4) is 0 Å². The number of hydrogen-bond acceptors (Lipinski definition) is 5. The van der Waals surface area contributed by atoms with Crippen molar-refractivity contribution in [1.29, 1.82) is 0 Å². The second kappa shape index (κ2) is 8.29. The SMILES string of the molecule is CCN(CC)CCNC(=O)C1CCN(c2nnc3ccccn23)CC1. The van der Waals surface area contributed by atoms with Crippen LogP contribution >= 0.6 is 0 Å². The zero-order valence-corrected chi connectivity index (χ0v) is 15.2. The average molecular weight is 344 g/mol. The first-order valence-electron chi connectivity index (χ1n) is 9.27. The minimum atomic E-state index is 0.104. The van der Waals surface area contributed by atoms with Crippen LogP contribution < -0.4 is 10.2 Å². The summed E-state index contributed by atoms with van der Waals surface area (Å²) in [4.78, 5) is 16.9. The summed E-state index contributed by atoms with van der Waals surface area (Å²) < 4.78 is 2.00. The standard InChI is InChI=1S/C18H28N6O/c1-3-22(4-2)14-10-19-17(25)15-8-12-23(13-9-15)18-21-20-16-7-5-6-11-24(16)18/h5-7,11,15H,3-4,8-10,12-14H2,1-2H3,(H,19,25). The van der Waals surface area contributed by atoms with Crippen molar-refractivity contribution in [3.63, 3.8) is 0 Å². The van der Waals surface area contributed by atoms with Gasteiger partial charge in [0, 0.05) is 38.3 Å². The fourth-order valence-corrected chi connectivity index (χ4v) is 3.41. The zero-order chi connectivity index (χ0) is 17.6. The Morgan fingerprint density at radius 1 is 1.24 bits per heavy atom. The Bertz CT molecular complexity index is 688. The molecule has 2 aromatic heterocycles. The van der Waals surface area contributed by atoms with E-state index in [0.717, 1.165) is 63.7 Å². The van der Waals surface area contributed by atoms with Gasteiger partial charge in [0.05, 0.1) is 0 Å². The van der Waals surface area contributed by atoms with Gasteiger partial charge in [-0.05, 0) is 38.1 Å². The molecule has 0 atom stereocenters. The minimum absolute atomic E-state index is 0.104. The topological polar surface area (TPSA) is 65.8 Å². The Morgan fingerprint density at radius 3 is 2.72 bits per heavy atom. The van der Waals surface area contributed by atoms with E-state index in [1.165, 1.54) is 0 Å². The summed E-state index contributed by atoms with van der Waals surface area (Å²) in [6, 6.07) is 5.89. The van der Waals surface area contributed by atoms with E-state index in [2.05, 4.69) is 39.2 Å². The number of nitrogens with zero attached hydrogens (tertiary/aromatic N) is 5. The quantitative estimate of drug-likeness (QED) is 0.822.